The molecule has 2 rings (SSSR count). The van der Waals surface area contributed by atoms with E-state index in [9.17, 15) is 13.6 Å². The molecule has 3 N–H and O–H groups in total. The summed E-state index contributed by atoms with van der Waals surface area (Å²) in [5.41, 5.74) is 4.65. The number of nitrogens with zero attached hydrogens (tertiary/aromatic N) is 1. The molecule has 0 aliphatic carbocycles. The maximum absolute atomic E-state index is 13.5. The number of hydrogen-bond donors (Lipinski definition) is 2. The number of rotatable bonds is 2. The maximum Gasteiger partial charge on any atom is 0.259 e. The summed E-state index contributed by atoms with van der Waals surface area (Å²) in [7, 11) is 0. The minimum Gasteiger partial charge on any atom is -0.396 e. The van der Waals surface area contributed by atoms with Crippen LogP contribution in [0.25, 0.3) is 0 Å². The van der Waals surface area contributed by atoms with E-state index in [0.717, 1.165) is 6.07 Å². The van der Waals surface area contributed by atoms with Gasteiger partial charge in [-0.15, -0.1) is 0 Å². The first-order valence-electron chi connectivity index (χ1n) is 5.15. The van der Waals surface area contributed by atoms with E-state index in [0.29, 0.717) is 10.5 Å². The highest BCUT2D eigenvalue weighted by Gasteiger charge is 2.16. The Hall–Kier alpha value is -2.02. The normalized spacial score (nSPS) is 10.3. The van der Waals surface area contributed by atoms with Crippen molar-refractivity contribution in [1.29, 1.82) is 0 Å². The van der Waals surface area contributed by atoms with Gasteiger partial charge in [-0.3, -0.25) is 4.79 Å². The Kier molecular flexibility index (Phi) is 3.75. The lowest BCUT2D eigenvalue weighted by Gasteiger charge is -2.08. The largest absolute Gasteiger partial charge is 0.396 e. The average molecular weight is 328 g/mol. The first-order valence-corrected chi connectivity index (χ1v) is 5.94. The third-order valence-electron chi connectivity index (χ3n) is 2.32. The molecule has 0 saturated heterocycles. The molecule has 0 spiro atoms. The van der Waals surface area contributed by atoms with E-state index in [-0.39, 0.29) is 17.1 Å². The fourth-order valence-corrected chi connectivity index (χ4v) is 1.75. The molecule has 4 nitrogen and oxygen atoms in total. The van der Waals surface area contributed by atoms with Crippen LogP contribution in [0.15, 0.2) is 34.9 Å². The van der Waals surface area contributed by atoms with Gasteiger partial charge in [0.05, 0.1) is 15.7 Å². The third kappa shape index (κ3) is 2.87. The predicted molar refractivity (Wildman–Crippen MR) is 70.7 cm³/mol. The van der Waals surface area contributed by atoms with Gasteiger partial charge in [0.15, 0.2) is 0 Å². The zero-order valence-corrected chi connectivity index (χ0v) is 11.0. The average Bonchev–Trinajstić information content (AvgIpc) is 2.36. The van der Waals surface area contributed by atoms with E-state index in [1.165, 1.54) is 6.20 Å². The van der Waals surface area contributed by atoms with Crippen molar-refractivity contribution < 1.29 is 13.6 Å². The predicted octanol–water partition coefficient (Wildman–Crippen LogP) is 2.96. The summed E-state index contributed by atoms with van der Waals surface area (Å²) >= 11 is 3.19. The number of hydrogen-bond acceptors (Lipinski definition) is 3. The standard InChI is InChI=1S/C12H8BrF2N3O/c13-7-2-1-3-17-11(7)18-12(19)6-4-10(16)9(15)5-8(6)14/h1-5H,16H2,(H,17,18,19). The second-order valence-electron chi connectivity index (χ2n) is 3.64. The second-order valence-corrected chi connectivity index (χ2v) is 4.50. The van der Waals surface area contributed by atoms with Crippen LogP contribution < -0.4 is 11.1 Å². The summed E-state index contributed by atoms with van der Waals surface area (Å²) in [5.74, 6) is -2.43. The van der Waals surface area contributed by atoms with E-state index in [4.69, 9.17) is 5.73 Å². The molecule has 1 aromatic carbocycles. The van der Waals surface area contributed by atoms with Gasteiger partial charge in [0.1, 0.15) is 17.5 Å². The van der Waals surface area contributed by atoms with Crippen LogP contribution in [-0.2, 0) is 0 Å². The van der Waals surface area contributed by atoms with Crippen LogP contribution in [0.2, 0.25) is 0 Å². The minimum atomic E-state index is -0.990. The van der Waals surface area contributed by atoms with Crippen molar-refractivity contribution in [2.45, 2.75) is 0 Å². The Morgan fingerprint density at radius 3 is 2.74 bits per heavy atom. The number of nitrogens with one attached hydrogen (secondary N) is 1. The number of benzene rings is 1. The highest BCUT2D eigenvalue weighted by molar-refractivity contribution is 9.10. The van der Waals surface area contributed by atoms with Gasteiger partial charge in [-0.1, -0.05) is 0 Å². The monoisotopic (exact) mass is 327 g/mol. The van der Waals surface area contributed by atoms with Gasteiger partial charge < -0.3 is 11.1 Å². The van der Waals surface area contributed by atoms with Crippen molar-refractivity contribution in [3.05, 3.63) is 52.1 Å². The van der Waals surface area contributed by atoms with Crippen LogP contribution in [0.3, 0.4) is 0 Å². The molecule has 1 amide bonds. The Labute approximate surface area is 115 Å². The minimum absolute atomic E-state index is 0.231. The first kappa shape index (κ1) is 13.4. The summed E-state index contributed by atoms with van der Waals surface area (Å²) in [6.07, 6.45) is 1.47. The van der Waals surface area contributed by atoms with Crippen molar-refractivity contribution in [2.75, 3.05) is 11.1 Å². The Morgan fingerprint density at radius 1 is 1.32 bits per heavy atom. The van der Waals surface area contributed by atoms with Crippen LogP contribution in [0.1, 0.15) is 10.4 Å². The van der Waals surface area contributed by atoms with E-state index < -0.39 is 17.5 Å². The van der Waals surface area contributed by atoms with Gasteiger partial charge in [-0.2, -0.15) is 0 Å². The molecular formula is C12H8BrF2N3O. The number of carbonyl (C=O) groups excluding carboxylic acids is 1. The van der Waals surface area contributed by atoms with Gasteiger partial charge >= 0.3 is 0 Å². The van der Waals surface area contributed by atoms with E-state index in [2.05, 4.69) is 26.2 Å². The Bertz CT molecular complexity index is 649. The topological polar surface area (TPSA) is 68.0 Å². The fourth-order valence-electron chi connectivity index (χ4n) is 1.39. The molecule has 0 atom stereocenters. The van der Waals surface area contributed by atoms with Crippen molar-refractivity contribution in [2.24, 2.45) is 0 Å². The molecule has 0 bridgehead atoms. The number of halogens is 3. The zero-order valence-electron chi connectivity index (χ0n) is 9.45. The van der Waals surface area contributed by atoms with Crippen molar-refractivity contribution in [3.8, 4) is 0 Å². The molecule has 0 saturated carbocycles. The number of anilines is 2. The van der Waals surface area contributed by atoms with Crippen LogP contribution in [-0.4, -0.2) is 10.9 Å². The zero-order chi connectivity index (χ0) is 14.0. The lowest BCUT2D eigenvalue weighted by Crippen LogP contribution is -2.16. The second kappa shape index (κ2) is 5.31. The molecule has 2 aromatic rings. The SMILES string of the molecule is Nc1cc(C(=O)Nc2ncccc2Br)c(F)cc1F. The third-order valence-corrected chi connectivity index (χ3v) is 2.96. The highest BCUT2D eigenvalue weighted by atomic mass is 79.9. The van der Waals surface area contributed by atoms with Gasteiger partial charge in [-0.25, -0.2) is 13.8 Å². The molecule has 0 fully saturated rings. The number of carbonyl (C=O) groups is 1. The summed E-state index contributed by atoms with van der Waals surface area (Å²) in [4.78, 5) is 15.8. The van der Waals surface area contributed by atoms with Crippen molar-refractivity contribution in [3.63, 3.8) is 0 Å². The van der Waals surface area contributed by atoms with E-state index >= 15 is 0 Å². The molecule has 19 heavy (non-hydrogen) atoms. The number of nitrogens with two attached hydrogens (primary N) is 1. The fraction of sp³-hybridized carbons (Fsp3) is 0. The summed E-state index contributed by atoms with van der Waals surface area (Å²) < 4.78 is 27.0. The lowest BCUT2D eigenvalue weighted by molar-refractivity contribution is 0.102. The molecule has 7 heteroatoms. The lowest BCUT2D eigenvalue weighted by atomic mass is 10.1. The van der Waals surface area contributed by atoms with Gasteiger partial charge in [0.25, 0.3) is 5.91 Å². The number of aromatic nitrogens is 1. The highest BCUT2D eigenvalue weighted by Crippen LogP contribution is 2.21. The van der Waals surface area contributed by atoms with Gasteiger partial charge in [0.2, 0.25) is 0 Å². The quantitative estimate of drug-likeness (QED) is 0.833. The molecule has 0 unspecified atom stereocenters. The maximum atomic E-state index is 13.5. The van der Waals surface area contributed by atoms with E-state index in [1.54, 1.807) is 12.1 Å². The smallest absolute Gasteiger partial charge is 0.259 e. The number of nitrogen functional groups attached to an aromatic ring is 1. The van der Waals surface area contributed by atoms with Crippen LogP contribution in [0, 0.1) is 11.6 Å². The van der Waals surface area contributed by atoms with Crippen molar-refractivity contribution in [1.82, 2.24) is 4.98 Å². The van der Waals surface area contributed by atoms with Crippen LogP contribution >= 0.6 is 15.9 Å². The Balaban J connectivity index is 2.31. The molecule has 0 aliphatic rings. The number of amides is 1. The van der Waals surface area contributed by atoms with Crippen molar-refractivity contribution >= 4 is 33.3 Å². The number of pyridine rings is 1. The summed E-state index contributed by atoms with van der Waals surface area (Å²) in [5, 5.41) is 2.40. The first-order chi connectivity index (χ1) is 8.99. The van der Waals surface area contributed by atoms with Gasteiger partial charge in [0, 0.05) is 12.3 Å². The van der Waals surface area contributed by atoms with Crippen LogP contribution in [0.5, 0.6) is 0 Å². The van der Waals surface area contributed by atoms with E-state index in [1.807, 2.05) is 0 Å². The molecule has 98 valence electrons. The molecule has 1 aromatic heterocycles. The molecule has 1 heterocycles. The summed E-state index contributed by atoms with van der Waals surface area (Å²) in [6, 6.07) is 4.84. The molecule has 0 radical (unpaired) electrons. The summed E-state index contributed by atoms with van der Waals surface area (Å²) in [6.45, 7) is 0. The Morgan fingerprint density at radius 2 is 2.05 bits per heavy atom. The molecular weight excluding hydrogens is 320 g/mol. The van der Waals surface area contributed by atoms with Crippen LogP contribution in [0.4, 0.5) is 20.3 Å². The molecule has 0 aliphatic heterocycles. The van der Waals surface area contributed by atoms with Gasteiger partial charge in [-0.05, 0) is 34.1 Å².